The molecule has 12 heavy (non-hydrogen) atoms. The van der Waals surface area contributed by atoms with Gasteiger partial charge in [-0.15, -0.1) is 0 Å². The molecule has 0 aliphatic carbocycles. The molecule has 0 aromatic carbocycles. The number of esters is 1. The van der Waals surface area contributed by atoms with Crippen molar-refractivity contribution in [3.63, 3.8) is 0 Å². The van der Waals surface area contributed by atoms with E-state index in [1.807, 2.05) is 13.2 Å². The fourth-order valence-corrected chi connectivity index (χ4v) is 0.567. The van der Waals surface area contributed by atoms with Gasteiger partial charge in [0, 0.05) is 6.42 Å². The van der Waals surface area contributed by atoms with Gasteiger partial charge in [-0.3, -0.25) is 9.59 Å². The van der Waals surface area contributed by atoms with Crippen molar-refractivity contribution in [3.8, 4) is 0 Å². The first-order valence-corrected chi connectivity index (χ1v) is 4.07. The van der Waals surface area contributed by atoms with Gasteiger partial charge in [-0.1, -0.05) is 6.92 Å². The molecule has 1 radical (unpaired) electrons. The Morgan fingerprint density at radius 3 is 2.50 bits per heavy atom. The van der Waals surface area contributed by atoms with E-state index in [-0.39, 0.29) is 12.6 Å². The summed E-state index contributed by atoms with van der Waals surface area (Å²) < 4.78 is 4.84. The molecule has 0 N–H and O–H groups in total. The van der Waals surface area contributed by atoms with Crippen molar-refractivity contribution in [2.45, 2.75) is 33.6 Å². The topological polar surface area (TPSA) is 43.4 Å². The molecule has 69 valence electrons. The highest BCUT2D eigenvalue weighted by Crippen LogP contribution is 2.11. The van der Waals surface area contributed by atoms with Crippen LogP contribution in [0.4, 0.5) is 0 Å². The third-order valence-electron chi connectivity index (χ3n) is 1.32. The van der Waals surface area contributed by atoms with E-state index < -0.39 is 5.41 Å². The van der Waals surface area contributed by atoms with Crippen LogP contribution in [0.15, 0.2) is 0 Å². The van der Waals surface area contributed by atoms with Crippen molar-refractivity contribution in [1.29, 1.82) is 0 Å². The van der Waals surface area contributed by atoms with E-state index in [9.17, 15) is 9.59 Å². The lowest BCUT2D eigenvalue weighted by Gasteiger charge is -2.14. The highest BCUT2D eigenvalue weighted by molar-refractivity contribution is 5.70. The van der Waals surface area contributed by atoms with E-state index >= 15 is 0 Å². The molecule has 0 atom stereocenters. The first-order chi connectivity index (χ1) is 5.52. The molecule has 0 saturated carbocycles. The first-order valence-electron chi connectivity index (χ1n) is 4.07. The maximum atomic E-state index is 10.9. The standard InChI is InChI=1S/C9H15O3/c1-4-5-8(11)12-7-9(2,3)6-10/h4-5,7H2,1-3H3. The Morgan fingerprint density at radius 1 is 1.50 bits per heavy atom. The number of carbonyl (C=O) groups is 1. The summed E-state index contributed by atoms with van der Waals surface area (Å²) in [4.78, 5) is 21.1. The van der Waals surface area contributed by atoms with Crippen molar-refractivity contribution in [2.75, 3.05) is 6.61 Å². The van der Waals surface area contributed by atoms with Gasteiger partial charge in [0.2, 0.25) is 6.29 Å². The fourth-order valence-electron chi connectivity index (χ4n) is 0.567. The first kappa shape index (κ1) is 11.1. The molecule has 0 heterocycles. The summed E-state index contributed by atoms with van der Waals surface area (Å²) in [6.07, 6.45) is 2.99. The second kappa shape index (κ2) is 4.91. The van der Waals surface area contributed by atoms with Crippen molar-refractivity contribution in [2.24, 2.45) is 5.41 Å². The quantitative estimate of drug-likeness (QED) is 0.588. The van der Waals surface area contributed by atoms with Gasteiger partial charge >= 0.3 is 5.97 Å². The number of carbonyl (C=O) groups excluding carboxylic acids is 2. The number of ether oxygens (including phenoxy) is 1. The second-order valence-corrected chi connectivity index (χ2v) is 3.40. The van der Waals surface area contributed by atoms with Crippen LogP contribution in [0.1, 0.15) is 33.6 Å². The van der Waals surface area contributed by atoms with E-state index in [4.69, 9.17) is 4.74 Å². The predicted molar refractivity (Wildman–Crippen MR) is 45.3 cm³/mol. The fraction of sp³-hybridized carbons (Fsp3) is 0.778. The molecule has 0 bridgehead atoms. The SMILES string of the molecule is CCCC(=O)OCC(C)(C)[C]=O. The van der Waals surface area contributed by atoms with Gasteiger partial charge in [0.05, 0.1) is 5.41 Å². The number of rotatable bonds is 5. The Balaban J connectivity index is 3.67. The van der Waals surface area contributed by atoms with Crippen LogP contribution in [-0.2, 0) is 14.3 Å². The van der Waals surface area contributed by atoms with Gasteiger partial charge in [-0.25, -0.2) is 0 Å². The van der Waals surface area contributed by atoms with Gasteiger partial charge in [0.15, 0.2) is 0 Å². The van der Waals surface area contributed by atoms with Gasteiger partial charge in [0.25, 0.3) is 0 Å². The van der Waals surface area contributed by atoms with Crippen LogP contribution in [0.5, 0.6) is 0 Å². The van der Waals surface area contributed by atoms with Crippen LogP contribution in [0, 0.1) is 5.41 Å². The van der Waals surface area contributed by atoms with Crippen LogP contribution < -0.4 is 0 Å². The maximum absolute atomic E-state index is 10.9. The molecule has 0 amide bonds. The molecule has 0 spiro atoms. The van der Waals surface area contributed by atoms with Crippen molar-refractivity contribution >= 4 is 12.3 Å². The van der Waals surface area contributed by atoms with Crippen LogP contribution in [0.25, 0.3) is 0 Å². The molecule has 0 aromatic rings. The molecule has 0 rings (SSSR count). The Labute approximate surface area is 73.1 Å². The molecule has 0 unspecified atom stereocenters. The molecular weight excluding hydrogens is 156 g/mol. The minimum atomic E-state index is -0.677. The number of hydrogen-bond donors (Lipinski definition) is 0. The Bertz CT molecular complexity index is 161. The molecule has 3 nitrogen and oxygen atoms in total. The lowest BCUT2D eigenvalue weighted by molar-refractivity contribution is -0.145. The van der Waals surface area contributed by atoms with E-state index in [1.165, 1.54) is 0 Å². The van der Waals surface area contributed by atoms with Gasteiger partial charge in [-0.05, 0) is 20.3 Å². The van der Waals surface area contributed by atoms with Crippen LogP contribution in [-0.4, -0.2) is 18.9 Å². The normalized spacial score (nSPS) is 10.9. The molecule has 0 saturated heterocycles. The molecule has 0 aliphatic heterocycles. The minimum Gasteiger partial charge on any atom is -0.465 e. The average Bonchev–Trinajstić information content (AvgIpc) is 2.02. The molecule has 0 aliphatic rings. The molecular formula is C9H15O3. The maximum Gasteiger partial charge on any atom is 0.305 e. The minimum absolute atomic E-state index is 0.120. The van der Waals surface area contributed by atoms with E-state index in [0.717, 1.165) is 6.42 Å². The summed E-state index contributed by atoms with van der Waals surface area (Å²) in [5, 5.41) is 0. The molecule has 0 fully saturated rings. The monoisotopic (exact) mass is 171 g/mol. The van der Waals surface area contributed by atoms with Crippen LogP contribution in [0.3, 0.4) is 0 Å². The smallest absolute Gasteiger partial charge is 0.305 e. The average molecular weight is 171 g/mol. The predicted octanol–water partition coefficient (Wildman–Crippen LogP) is 1.47. The summed E-state index contributed by atoms with van der Waals surface area (Å²) in [7, 11) is 0. The third kappa shape index (κ3) is 4.88. The van der Waals surface area contributed by atoms with Crippen LogP contribution >= 0.6 is 0 Å². The zero-order chi connectivity index (χ0) is 9.61. The van der Waals surface area contributed by atoms with Crippen molar-refractivity contribution < 1.29 is 14.3 Å². The van der Waals surface area contributed by atoms with Crippen molar-refractivity contribution in [1.82, 2.24) is 0 Å². The van der Waals surface area contributed by atoms with Crippen LogP contribution in [0.2, 0.25) is 0 Å². The highest BCUT2D eigenvalue weighted by atomic mass is 16.5. The van der Waals surface area contributed by atoms with E-state index in [2.05, 4.69) is 0 Å². The zero-order valence-corrected chi connectivity index (χ0v) is 7.85. The summed E-state index contributed by atoms with van der Waals surface area (Å²) in [5.41, 5.74) is -0.677. The second-order valence-electron chi connectivity index (χ2n) is 3.40. The molecule has 3 heteroatoms. The summed E-state index contributed by atoms with van der Waals surface area (Å²) >= 11 is 0. The van der Waals surface area contributed by atoms with E-state index in [1.54, 1.807) is 13.8 Å². The summed E-state index contributed by atoms with van der Waals surface area (Å²) in [6.45, 7) is 5.38. The Kier molecular flexibility index (Phi) is 4.55. The third-order valence-corrected chi connectivity index (χ3v) is 1.32. The Morgan fingerprint density at radius 2 is 2.08 bits per heavy atom. The summed E-state index contributed by atoms with van der Waals surface area (Å²) in [5.74, 6) is -0.249. The van der Waals surface area contributed by atoms with Gasteiger partial charge < -0.3 is 4.74 Å². The largest absolute Gasteiger partial charge is 0.465 e. The lowest BCUT2D eigenvalue weighted by atomic mass is 9.98. The summed E-state index contributed by atoms with van der Waals surface area (Å²) in [6, 6.07) is 0. The van der Waals surface area contributed by atoms with Crippen molar-refractivity contribution in [3.05, 3.63) is 0 Å². The lowest BCUT2D eigenvalue weighted by Crippen LogP contribution is -2.22. The van der Waals surface area contributed by atoms with Gasteiger partial charge in [-0.2, -0.15) is 0 Å². The van der Waals surface area contributed by atoms with E-state index in [0.29, 0.717) is 6.42 Å². The molecule has 0 aromatic heterocycles. The highest BCUT2D eigenvalue weighted by Gasteiger charge is 2.19. The number of hydrogen-bond acceptors (Lipinski definition) is 3. The van der Waals surface area contributed by atoms with Gasteiger partial charge in [0.1, 0.15) is 6.61 Å². The Hall–Kier alpha value is -0.860. The zero-order valence-electron chi connectivity index (χ0n) is 7.85.